The van der Waals surface area contributed by atoms with E-state index in [9.17, 15) is 13.2 Å². The Morgan fingerprint density at radius 1 is 1.10 bits per heavy atom. The van der Waals surface area contributed by atoms with Crippen molar-refractivity contribution in [3.05, 3.63) is 47.7 Å². The van der Waals surface area contributed by atoms with Crippen LogP contribution in [0.2, 0.25) is 0 Å². The second-order valence-electron chi connectivity index (χ2n) is 4.01. The van der Waals surface area contributed by atoms with E-state index >= 15 is 0 Å². The zero-order chi connectivity index (χ0) is 14.1. The summed E-state index contributed by atoms with van der Waals surface area (Å²) in [6, 6.07) is 1.60. The number of benzene rings is 1. The summed E-state index contributed by atoms with van der Waals surface area (Å²) in [4.78, 5) is 14.7. The minimum atomic E-state index is -1.22. The predicted molar refractivity (Wildman–Crippen MR) is 65.3 cm³/mol. The number of nitrogens with zero attached hydrogens (tertiary/aromatic N) is 3. The van der Waals surface area contributed by atoms with Crippen LogP contribution in [0, 0.1) is 17.5 Å². The first kappa shape index (κ1) is 12.4. The third-order valence-electron chi connectivity index (χ3n) is 2.74. The van der Waals surface area contributed by atoms with Crippen molar-refractivity contribution >= 4 is 17.1 Å². The van der Waals surface area contributed by atoms with Crippen molar-refractivity contribution in [3.63, 3.8) is 0 Å². The van der Waals surface area contributed by atoms with Crippen LogP contribution in [0.25, 0.3) is 11.2 Å². The van der Waals surface area contributed by atoms with E-state index in [1.165, 1.54) is 12.5 Å². The lowest BCUT2D eigenvalue weighted by atomic mass is 10.2. The number of hydrogen-bond acceptors (Lipinski definition) is 4. The number of H-pyrrole nitrogens is 1. The number of halogens is 3. The molecule has 5 nitrogen and oxygen atoms in total. The van der Waals surface area contributed by atoms with E-state index < -0.39 is 23.0 Å². The second kappa shape index (κ2) is 4.80. The van der Waals surface area contributed by atoms with Gasteiger partial charge in [0, 0.05) is 12.1 Å². The SMILES string of the molecule is Fc1ccc(F)c(CNc2ncc3[nH]cnc3n2)c1F. The maximum Gasteiger partial charge on any atom is 0.225 e. The minimum absolute atomic E-state index is 0.146. The molecule has 0 aliphatic carbocycles. The number of hydrogen-bond donors (Lipinski definition) is 2. The van der Waals surface area contributed by atoms with Crippen molar-refractivity contribution in [2.45, 2.75) is 6.54 Å². The van der Waals surface area contributed by atoms with Crippen LogP contribution in [0.1, 0.15) is 5.56 Å². The topological polar surface area (TPSA) is 66.5 Å². The second-order valence-corrected chi connectivity index (χ2v) is 4.01. The maximum absolute atomic E-state index is 13.5. The Kier molecular flexibility index (Phi) is 2.97. The Hall–Kier alpha value is -2.64. The zero-order valence-electron chi connectivity index (χ0n) is 9.99. The number of aromatic amines is 1. The Balaban J connectivity index is 1.84. The fourth-order valence-corrected chi connectivity index (χ4v) is 1.72. The Morgan fingerprint density at radius 2 is 1.90 bits per heavy atom. The number of nitrogens with one attached hydrogen (secondary N) is 2. The van der Waals surface area contributed by atoms with Gasteiger partial charge in [-0.25, -0.2) is 23.1 Å². The fraction of sp³-hybridized carbons (Fsp3) is 0.0833. The number of imidazole rings is 1. The molecule has 20 heavy (non-hydrogen) atoms. The standard InChI is InChI=1S/C12H8F3N5/c13-7-1-2-8(14)10(15)6(7)3-16-12-17-4-9-11(20-12)19-5-18-9/h1-2,4-5H,3H2,(H2,16,17,18,19,20). The average molecular weight is 279 g/mol. The van der Waals surface area contributed by atoms with E-state index in [-0.39, 0.29) is 12.5 Å². The Morgan fingerprint density at radius 3 is 2.75 bits per heavy atom. The van der Waals surface area contributed by atoms with Crippen LogP contribution in [0.15, 0.2) is 24.7 Å². The van der Waals surface area contributed by atoms with E-state index in [1.807, 2.05) is 0 Å². The van der Waals surface area contributed by atoms with Gasteiger partial charge in [-0.05, 0) is 12.1 Å². The molecule has 0 radical (unpaired) electrons. The van der Waals surface area contributed by atoms with E-state index in [0.29, 0.717) is 11.2 Å². The van der Waals surface area contributed by atoms with Crippen molar-refractivity contribution in [1.82, 2.24) is 19.9 Å². The molecule has 0 saturated heterocycles. The molecule has 0 aliphatic heterocycles. The average Bonchev–Trinajstić information content (AvgIpc) is 2.90. The first-order chi connectivity index (χ1) is 9.65. The minimum Gasteiger partial charge on any atom is -0.350 e. The molecule has 0 amide bonds. The molecule has 2 aromatic heterocycles. The smallest absolute Gasteiger partial charge is 0.225 e. The molecule has 8 heteroatoms. The van der Waals surface area contributed by atoms with Crippen LogP contribution in [0.3, 0.4) is 0 Å². The Bertz CT molecular complexity index is 771. The summed E-state index contributed by atoms with van der Waals surface area (Å²) < 4.78 is 39.9. The summed E-state index contributed by atoms with van der Waals surface area (Å²) in [5, 5.41) is 2.63. The molecule has 102 valence electrons. The molecule has 0 spiro atoms. The number of rotatable bonds is 3. The lowest BCUT2D eigenvalue weighted by Crippen LogP contribution is -2.08. The highest BCUT2D eigenvalue weighted by molar-refractivity contribution is 5.69. The van der Waals surface area contributed by atoms with Crippen LogP contribution in [0.4, 0.5) is 19.1 Å². The van der Waals surface area contributed by atoms with E-state index in [4.69, 9.17) is 0 Å². The van der Waals surface area contributed by atoms with Crippen molar-refractivity contribution in [3.8, 4) is 0 Å². The molecule has 2 N–H and O–H groups in total. The van der Waals surface area contributed by atoms with E-state index in [2.05, 4.69) is 25.3 Å². The fourth-order valence-electron chi connectivity index (χ4n) is 1.72. The van der Waals surface area contributed by atoms with Crippen molar-refractivity contribution in [2.24, 2.45) is 0 Å². The zero-order valence-corrected chi connectivity index (χ0v) is 9.99. The molecule has 0 fully saturated rings. The molecular weight excluding hydrogens is 271 g/mol. The lowest BCUT2D eigenvalue weighted by Gasteiger charge is -2.07. The first-order valence-electron chi connectivity index (χ1n) is 5.67. The number of fused-ring (bicyclic) bond motifs is 1. The highest BCUT2D eigenvalue weighted by atomic mass is 19.2. The normalized spacial score (nSPS) is 10.9. The molecular formula is C12H8F3N5. The summed E-state index contributed by atoms with van der Waals surface area (Å²) >= 11 is 0. The Labute approximate surface area is 110 Å². The third-order valence-corrected chi connectivity index (χ3v) is 2.74. The third kappa shape index (κ3) is 2.15. The van der Waals surface area contributed by atoms with Gasteiger partial charge in [-0.1, -0.05) is 0 Å². The van der Waals surface area contributed by atoms with Crippen LogP contribution in [-0.4, -0.2) is 19.9 Å². The summed E-state index contributed by atoms with van der Waals surface area (Å²) in [5.41, 5.74) is 0.650. The lowest BCUT2D eigenvalue weighted by molar-refractivity contribution is 0.481. The van der Waals surface area contributed by atoms with Gasteiger partial charge >= 0.3 is 0 Å². The van der Waals surface area contributed by atoms with Gasteiger partial charge in [0.15, 0.2) is 17.3 Å². The summed E-state index contributed by atoms with van der Waals surface area (Å²) in [6.07, 6.45) is 2.94. The molecule has 0 bridgehead atoms. The van der Waals surface area contributed by atoms with Crippen LogP contribution < -0.4 is 5.32 Å². The van der Waals surface area contributed by atoms with Gasteiger partial charge in [0.05, 0.1) is 12.5 Å². The van der Waals surface area contributed by atoms with Gasteiger partial charge in [-0.2, -0.15) is 4.98 Å². The quantitative estimate of drug-likeness (QED) is 0.722. The monoisotopic (exact) mass is 279 g/mol. The van der Waals surface area contributed by atoms with E-state index in [1.54, 1.807) is 0 Å². The van der Waals surface area contributed by atoms with Gasteiger partial charge in [0.2, 0.25) is 5.95 Å². The summed E-state index contributed by atoms with van der Waals surface area (Å²) in [5.74, 6) is -3.02. The maximum atomic E-state index is 13.5. The highest BCUT2D eigenvalue weighted by Gasteiger charge is 2.14. The predicted octanol–water partition coefficient (Wildman–Crippen LogP) is 2.38. The van der Waals surface area contributed by atoms with Gasteiger partial charge in [0.25, 0.3) is 0 Å². The van der Waals surface area contributed by atoms with Gasteiger partial charge in [-0.15, -0.1) is 0 Å². The van der Waals surface area contributed by atoms with Gasteiger partial charge in [0.1, 0.15) is 11.3 Å². The summed E-state index contributed by atoms with van der Waals surface area (Å²) in [6.45, 7) is -0.272. The van der Waals surface area contributed by atoms with Crippen LogP contribution in [-0.2, 0) is 6.54 Å². The molecule has 2 heterocycles. The highest BCUT2D eigenvalue weighted by Crippen LogP contribution is 2.17. The number of aromatic nitrogens is 4. The van der Waals surface area contributed by atoms with E-state index in [0.717, 1.165) is 12.1 Å². The van der Waals surface area contributed by atoms with Crippen molar-refractivity contribution < 1.29 is 13.2 Å². The van der Waals surface area contributed by atoms with Gasteiger partial charge in [-0.3, -0.25) is 0 Å². The molecule has 3 rings (SSSR count). The first-order valence-corrected chi connectivity index (χ1v) is 5.67. The van der Waals surface area contributed by atoms with Crippen molar-refractivity contribution in [2.75, 3.05) is 5.32 Å². The van der Waals surface area contributed by atoms with Crippen molar-refractivity contribution in [1.29, 1.82) is 0 Å². The molecule has 1 aromatic carbocycles. The van der Waals surface area contributed by atoms with Gasteiger partial charge < -0.3 is 10.3 Å². The van der Waals surface area contributed by atoms with Crippen LogP contribution >= 0.6 is 0 Å². The molecule has 3 aromatic rings. The molecule has 0 atom stereocenters. The summed E-state index contributed by atoms with van der Waals surface area (Å²) in [7, 11) is 0. The molecule has 0 saturated carbocycles. The molecule has 0 unspecified atom stereocenters. The largest absolute Gasteiger partial charge is 0.350 e. The number of anilines is 1. The molecule has 0 aliphatic rings. The van der Waals surface area contributed by atoms with Crippen LogP contribution in [0.5, 0.6) is 0 Å².